The molecule has 1 N–H and O–H groups in total. The maximum Gasteiger partial charge on any atom is 0.00680 e. The van der Waals surface area contributed by atoms with E-state index in [1.54, 1.807) is 0 Å². The first-order chi connectivity index (χ1) is 8.30. The molecule has 1 aliphatic heterocycles. The predicted molar refractivity (Wildman–Crippen MR) is 76.4 cm³/mol. The minimum atomic E-state index is 0.821. The SMILES string of the molecule is CCC(CC)CN(CC)CCCC1CCCN1. The van der Waals surface area contributed by atoms with Crippen molar-refractivity contribution in [3.8, 4) is 0 Å². The summed E-state index contributed by atoms with van der Waals surface area (Å²) in [5.74, 6) is 0.902. The topological polar surface area (TPSA) is 15.3 Å². The molecule has 0 aliphatic carbocycles. The quantitative estimate of drug-likeness (QED) is 0.665. The zero-order valence-corrected chi connectivity index (χ0v) is 12.2. The van der Waals surface area contributed by atoms with Crippen LogP contribution in [0.4, 0.5) is 0 Å². The van der Waals surface area contributed by atoms with Gasteiger partial charge in [0.1, 0.15) is 0 Å². The summed E-state index contributed by atoms with van der Waals surface area (Å²) < 4.78 is 0. The van der Waals surface area contributed by atoms with Crippen molar-refractivity contribution >= 4 is 0 Å². The van der Waals surface area contributed by atoms with Crippen molar-refractivity contribution in [2.24, 2.45) is 5.92 Å². The van der Waals surface area contributed by atoms with Crippen LogP contribution in [-0.4, -0.2) is 37.1 Å². The second-order valence-electron chi connectivity index (χ2n) is 5.51. The molecule has 2 heteroatoms. The molecule has 1 fully saturated rings. The van der Waals surface area contributed by atoms with E-state index < -0.39 is 0 Å². The van der Waals surface area contributed by atoms with Crippen LogP contribution in [0.15, 0.2) is 0 Å². The van der Waals surface area contributed by atoms with Crippen LogP contribution in [0.1, 0.15) is 59.3 Å². The molecule has 1 aliphatic rings. The van der Waals surface area contributed by atoms with Crippen molar-refractivity contribution in [2.45, 2.75) is 65.3 Å². The first kappa shape index (κ1) is 15.0. The molecule has 1 saturated heterocycles. The lowest BCUT2D eigenvalue weighted by Gasteiger charge is -2.25. The average Bonchev–Trinajstić information content (AvgIpc) is 2.86. The molecule has 0 saturated carbocycles. The van der Waals surface area contributed by atoms with E-state index in [-0.39, 0.29) is 0 Å². The Morgan fingerprint density at radius 1 is 1.24 bits per heavy atom. The van der Waals surface area contributed by atoms with Gasteiger partial charge in [-0.05, 0) is 51.2 Å². The third kappa shape index (κ3) is 5.87. The molecule has 1 heterocycles. The molecule has 1 unspecified atom stereocenters. The average molecular weight is 240 g/mol. The van der Waals surface area contributed by atoms with Gasteiger partial charge in [-0.15, -0.1) is 0 Å². The highest BCUT2D eigenvalue weighted by molar-refractivity contribution is 4.74. The summed E-state index contributed by atoms with van der Waals surface area (Å²) in [6.07, 6.45) is 8.19. The largest absolute Gasteiger partial charge is 0.314 e. The zero-order chi connectivity index (χ0) is 12.5. The van der Waals surface area contributed by atoms with Gasteiger partial charge in [0.25, 0.3) is 0 Å². The summed E-state index contributed by atoms with van der Waals surface area (Å²) in [4.78, 5) is 2.65. The van der Waals surface area contributed by atoms with Crippen molar-refractivity contribution < 1.29 is 0 Å². The summed E-state index contributed by atoms with van der Waals surface area (Å²) in [7, 11) is 0. The molecular weight excluding hydrogens is 208 g/mol. The molecule has 0 aromatic heterocycles. The van der Waals surface area contributed by atoms with E-state index in [0.717, 1.165) is 12.0 Å². The van der Waals surface area contributed by atoms with Gasteiger partial charge >= 0.3 is 0 Å². The van der Waals surface area contributed by atoms with Gasteiger partial charge in [-0.1, -0.05) is 33.6 Å². The summed E-state index contributed by atoms with van der Waals surface area (Å²) in [6, 6.07) is 0.821. The Hall–Kier alpha value is -0.0800. The molecule has 1 rings (SSSR count). The molecule has 0 amide bonds. The van der Waals surface area contributed by atoms with Crippen LogP contribution < -0.4 is 5.32 Å². The molecular formula is C15H32N2. The van der Waals surface area contributed by atoms with Crippen LogP contribution in [0, 0.1) is 5.92 Å². The molecule has 102 valence electrons. The van der Waals surface area contributed by atoms with Gasteiger partial charge in [0.15, 0.2) is 0 Å². The molecule has 0 aromatic carbocycles. The highest BCUT2D eigenvalue weighted by Gasteiger charge is 2.14. The van der Waals surface area contributed by atoms with Gasteiger partial charge in [-0.25, -0.2) is 0 Å². The lowest BCUT2D eigenvalue weighted by Crippen LogP contribution is -2.31. The first-order valence-electron chi connectivity index (χ1n) is 7.75. The Morgan fingerprint density at radius 2 is 2.00 bits per heavy atom. The lowest BCUT2D eigenvalue weighted by atomic mass is 10.0. The Balaban J connectivity index is 2.12. The van der Waals surface area contributed by atoms with Gasteiger partial charge in [0.2, 0.25) is 0 Å². The Kier molecular flexibility index (Phi) is 7.87. The summed E-state index contributed by atoms with van der Waals surface area (Å²) in [5, 5.41) is 3.59. The number of hydrogen-bond acceptors (Lipinski definition) is 2. The standard InChI is InChI=1S/C15H32N2/c1-4-14(5-2)13-17(6-3)12-8-10-15-9-7-11-16-15/h14-16H,4-13H2,1-3H3. The number of rotatable bonds is 9. The molecule has 0 aromatic rings. The van der Waals surface area contributed by atoms with E-state index >= 15 is 0 Å². The normalized spacial score (nSPS) is 20.6. The molecule has 0 radical (unpaired) electrons. The number of nitrogens with zero attached hydrogens (tertiary/aromatic N) is 1. The Labute approximate surface area is 108 Å². The fourth-order valence-electron chi connectivity index (χ4n) is 2.85. The summed E-state index contributed by atoms with van der Waals surface area (Å²) in [5.41, 5.74) is 0. The lowest BCUT2D eigenvalue weighted by molar-refractivity contribution is 0.227. The Bertz CT molecular complexity index is 172. The Morgan fingerprint density at radius 3 is 2.53 bits per heavy atom. The minimum absolute atomic E-state index is 0.821. The van der Waals surface area contributed by atoms with Gasteiger partial charge in [-0.3, -0.25) is 0 Å². The van der Waals surface area contributed by atoms with E-state index in [1.165, 1.54) is 64.7 Å². The molecule has 17 heavy (non-hydrogen) atoms. The highest BCUT2D eigenvalue weighted by atomic mass is 15.1. The third-order valence-electron chi connectivity index (χ3n) is 4.31. The van der Waals surface area contributed by atoms with Crippen molar-refractivity contribution in [1.82, 2.24) is 10.2 Å². The van der Waals surface area contributed by atoms with E-state index in [1.807, 2.05) is 0 Å². The van der Waals surface area contributed by atoms with E-state index in [0.29, 0.717) is 0 Å². The molecule has 1 atom stereocenters. The molecule has 0 bridgehead atoms. The van der Waals surface area contributed by atoms with Crippen LogP contribution in [-0.2, 0) is 0 Å². The van der Waals surface area contributed by atoms with E-state index in [4.69, 9.17) is 0 Å². The monoisotopic (exact) mass is 240 g/mol. The van der Waals surface area contributed by atoms with Gasteiger partial charge in [0, 0.05) is 12.6 Å². The predicted octanol–water partition coefficient (Wildman–Crippen LogP) is 3.28. The van der Waals surface area contributed by atoms with E-state index in [2.05, 4.69) is 31.0 Å². The highest BCUT2D eigenvalue weighted by Crippen LogP contribution is 2.13. The van der Waals surface area contributed by atoms with Crippen LogP contribution in [0.5, 0.6) is 0 Å². The third-order valence-corrected chi connectivity index (χ3v) is 4.31. The minimum Gasteiger partial charge on any atom is -0.314 e. The van der Waals surface area contributed by atoms with Gasteiger partial charge in [0.05, 0.1) is 0 Å². The van der Waals surface area contributed by atoms with Crippen molar-refractivity contribution in [1.29, 1.82) is 0 Å². The smallest absolute Gasteiger partial charge is 0.00680 e. The maximum atomic E-state index is 3.59. The maximum absolute atomic E-state index is 3.59. The second-order valence-corrected chi connectivity index (χ2v) is 5.51. The fraction of sp³-hybridized carbons (Fsp3) is 1.00. The van der Waals surface area contributed by atoms with Gasteiger partial charge in [-0.2, -0.15) is 0 Å². The summed E-state index contributed by atoms with van der Waals surface area (Å²) in [6.45, 7) is 12.0. The fourth-order valence-corrected chi connectivity index (χ4v) is 2.85. The first-order valence-corrected chi connectivity index (χ1v) is 7.75. The van der Waals surface area contributed by atoms with Crippen molar-refractivity contribution in [3.05, 3.63) is 0 Å². The van der Waals surface area contributed by atoms with Crippen molar-refractivity contribution in [2.75, 3.05) is 26.2 Å². The van der Waals surface area contributed by atoms with Crippen LogP contribution >= 0.6 is 0 Å². The number of hydrogen-bond donors (Lipinski definition) is 1. The second kappa shape index (κ2) is 8.93. The van der Waals surface area contributed by atoms with Crippen LogP contribution in [0.3, 0.4) is 0 Å². The summed E-state index contributed by atoms with van der Waals surface area (Å²) >= 11 is 0. The van der Waals surface area contributed by atoms with Crippen LogP contribution in [0.25, 0.3) is 0 Å². The molecule has 2 nitrogen and oxygen atoms in total. The number of nitrogens with one attached hydrogen (secondary N) is 1. The van der Waals surface area contributed by atoms with Gasteiger partial charge < -0.3 is 10.2 Å². The van der Waals surface area contributed by atoms with E-state index in [9.17, 15) is 0 Å². The van der Waals surface area contributed by atoms with Crippen LogP contribution in [0.2, 0.25) is 0 Å². The van der Waals surface area contributed by atoms with Crippen molar-refractivity contribution in [3.63, 3.8) is 0 Å². The molecule has 0 spiro atoms. The zero-order valence-electron chi connectivity index (χ0n) is 12.2.